The van der Waals surface area contributed by atoms with Crippen molar-refractivity contribution < 1.29 is 4.79 Å². The smallest absolute Gasteiger partial charge is 0.182 e. The van der Waals surface area contributed by atoms with Crippen molar-refractivity contribution in [3.8, 4) is 0 Å². The molecule has 0 atom stereocenters. The van der Waals surface area contributed by atoms with Gasteiger partial charge in [0.05, 0.1) is 11.2 Å². The Kier molecular flexibility index (Phi) is 2.59. The van der Waals surface area contributed by atoms with Gasteiger partial charge in [-0.15, -0.1) is 0 Å². The van der Waals surface area contributed by atoms with Crippen LogP contribution >= 0.6 is 11.6 Å². The van der Waals surface area contributed by atoms with Crippen molar-refractivity contribution in [2.75, 3.05) is 0 Å². The molecule has 2 rings (SSSR count). The van der Waals surface area contributed by atoms with Crippen molar-refractivity contribution >= 4 is 17.4 Å². The maximum absolute atomic E-state index is 11.8. The van der Waals surface area contributed by atoms with Gasteiger partial charge in [-0.25, -0.2) is 0 Å². The minimum atomic E-state index is 0.125. The first-order valence-corrected chi connectivity index (χ1v) is 5.27. The molecule has 0 N–H and O–H groups in total. The average Bonchev–Trinajstić information content (AvgIpc) is 2.39. The fourth-order valence-corrected chi connectivity index (χ4v) is 2.05. The summed E-state index contributed by atoms with van der Waals surface area (Å²) in [4.78, 5) is 11.8. The molecular weight excluding hydrogens is 200 g/mol. The van der Waals surface area contributed by atoms with Crippen LogP contribution in [0.15, 0.2) is 6.20 Å². The Balaban J connectivity index is 2.09. The predicted molar refractivity (Wildman–Crippen MR) is 54.5 cm³/mol. The second-order valence-corrected chi connectivity index (χ2v) is 4.30. The molecule has 0 amide bonds. The molecule has 3 nitrogen and oxygen atoms in total. The highest BCUT2D eigenvalue weighted by Crippen LogP contribution is 2.31. The third-order valence-electron chi connectivity index (χ3n) is 2.86. The van der Waals surface area contributed by atoms with E-state index in [0.29, 0.717) is 23.1 Å². The topological polar surface area (TPSA) is 34.9 Å². The summed E-state index contributed by atoms with van der Waals surface area (Å²) in [5.41, 5.74) is 0.554. The Hall–Kier alpha value is -0.830. The first-order chi connectivity index (χ1) is 6.68. The largest absolute Gasteiger partial charge is 0.292 e. The van der Waals surface area contributed by atoms with Gasteiger partial charge in [-0.2, -0.15) is 5.10 Å². The van der Waals surface area contributed by atoms with Crippen molar-refractivity contribution in [2.45, 2.75) is 25.7 Å². The van der Waals surface area contributed by atoms with Gasteiger partial charge < -0.3 is 0 Å². The van der Waals surface area contributed by atoms with Crippen LogP contribution in [0.25, 0.3) is 0 Å². The summed E-state index contributed by atoms with van der Waals surface area (Å²) in [6.07, 6.45) is 5.77. The lowest BCUT2D eigenvalue weighted by molar-refractivity contribution is 0.0927. The van der Waals surface area contributed by atoms with Crippen LogP contribution < -0.4 is 0 Å². The minimum absolute atomic E-state index is 0.125. The number of aryl methyl sites for hydroxylation is 1. The van der Waals surface area contributed by atoms with E-state index < -0.39 is 0 Å². The Bertz CT molecular complexity index is 336. The SMILES string of the molecule is Cn1ncc(Cl)c1C(=O)CC1CCC1. The maximum atomic E-state index is 11.8. The molecule has 0 aromatic carbocycles. The molecule has 76 valence electrons. The van der Waals surface area contributed by atoms with Gasteiger partial charge >= 0.3 is 0 Å². The van der Waals surface area contributed by atoms with Crippen molar-refractivity contribution in [3.63, 3.8) is 0 Å². The molecule has 1 aromatic heterocycles. The number of ketones is 1. The molecule has 1 heterocycles. The van der Waals surface area contributed by atoms with Crippen LogP contribution in [-0.2, 0) is 7.05 Å². The first-order valence-electron chi connectivity index (χ1n) is 4.89. The molecule has 0 saturated heterocycles. The molecule has 1 aliphatic carbocycles. The molecule has 1 fully saturated rings. The predicted octanol–water partition coefficient (Wildman–Crippen LogP) is 2.45. The van der Waals surface area contributed by atoms with Gasteiger partial charge in [-0.1, -0.05) is 30.9 Å². The number of carbonyl (C=O) groups is 1. The highest BCUT2D eigenvalue weighted by Gasteiger charge is 2.24. The highest BCUT2D eigenvalue weighted by molar-refractivity contribution is 6.33. The van der Waals surface area contributed by atoms with Crippen LogP contribution in [0, 0.1) is 5.92 Å². The zero-order valence-electron chi connectivity index (χ0n) is 8.16. The van der Waals surface area contributed by atoms with E-state index in [1.165, 1.54) is 25.5 Å². The molecule has 0 spiro atoms. The van der Waals surface area contributed by atoms with Gasteiger partial charge in [0.2, 0.25) is 0 Å². The van der Waals surface area contributed by atoms with Gasteiger partial charge in [0.25, 0.3) is 0 Å². The molecule has 14 heavy (non-hydrogen) atoms. The molecule has 0 bridgehead atoms. The minimum Gasteiger partial charge on any atom is -0.292 e. The standard InChI is InChI=1S/C10H13ClN2O/c1-13-10(8(11)6-12-13)9(14)5-7-3-2-4-7/h6-7H,2-5H2,1H3. The van der Waals surface area contributed by atoms with E-state index in [-0.39, 0.29) is 5.78 Å². The fourth-order valence-electron chi connectivity index (χ4n) is 1.78. The van der Waals surface area contributed by atoms with Crippen LogP contribution in [-0.4, -0.2) is 15.6 Å². The van der Waals surface area contributed by atoms with E-state index >= 15 is 0 Å². The number of Topliss-reactive ketones (excluding diaryl/α,β-unsaturated/α-hetero) is 1. The lowest BCUT2D eigenvalue weighted by atomic mass is 9.81. The fraction of sp³-hybridized carbons (Fsp3) is 0.600. The summed E-state index contributed by atoms with van der Waals surface area (Å²) in [6.45, 7) is 0. The van der Waals surface area contributed by atoms with Gasteiger partial charge in [0.1, 0.15) is 5.69 Å². The lowest BCUT2D eigenvalue weighted by Gasteiger charge is -2.24. The van der Waals surface area contributed by atoms with E-state index in [2.05, 4.69) is 5.10 Å². The Labute approximate surface area is 88.1 Å². The van der Waals surface area contributed by atoms with Crippen LogP contribution in [0.1, 0.15) is 36.2 Å². The van der Waals surface area contributed by atoms with Gasteiger partial charge in [-0.3, -0.25) is 9.48 Å². The Morgan fingerprint density at radius 1 is 1.71 bits per heavy atom. The third-order valence-corrected chi connectivity index (χ3v) is 3.13. The van der Waals surface area contributed by atoms with E-state index in [9.17, 15) is 4.79 Å². The number of carbonyl (C=O) groups excluding carboxylic acids is 1. The molecule has 1 saturated carbocycles. The summed E-state index contributed by atoms with van der Waals surface area (Å²) >= 11 is 5.88. The van der Waals surface area contributed by atoms with Crippen LogP contribution in [0.2, 0.25) is 5.02 Å². The van der Waals surface area contributed by atoms with E-state index in [1.54, 1.807) is 11.7 Å². The van der Waals surface area contributed by atoms with Crippen molar-refractivity contribution in [1.82, 2.24) is 9.78 Å². The van der Waals surface area contributed by atoms with E-state index in [0.717, 1.165) is 0 Å². The maximum Gasteiger partial charge on any atom is 0.182 e. The summed E-state index contributed by atoms with van der Waals surface area (Å²) in [5, 5.41) is 4.42. The number of hydrogen-bond acceptors (Lipinski definition) is 2. The second-order valence-electron chi connectivity index (χ2n) is 3.89. The zero-order valence-corrected chi connectivity index (χ0v) is 8.92. The van der Waals surface area contributed by atoms with Gasteiger partial charge in [-0.05, 0) is 5.92 Å². The van der Waals surface area contributed by atoms with Crippen LogP contribution in [0.4, 0.5) is 0 Å². The quantitative estimate of drug-likeness (QED) is 0.722. The Morgan fingerprint density at radius 2 is 2.43 bits per heavy atom. The van der Waals surface area contributed by atoms with Crippen molar-refractivity contribution in [1.29, 1.82) is 0 Å². The number of halogens is 1. The molecule has 0 aliphatic heterocycles. The third kappa shape index (κ3) is 1.69. The second kappa shape index (κ2) is 3.73. The van der Waals surface area contributed by atoms with Crippen LogP contribution in [0.3, 0.4) is 0 Å². The van der Waals surface area contributed by atoms with Gasteiger partial charge in [0, 0.05) is 13.5 Å². The zero-order chi connectivity index (χ0) is 10.1. The summed E-state index contributed by atoms with van der Waals surface area (Å²) in [5.74, 6) is 0.702. The molecular formula is C10H13ClN2O. The molecule has 0 unspecified atom stereocenters. The van der Waals surface area contributed by atoms with Gasteiger partial charge in [0.15, 0.2) is 5.78 Å². The monoisotopic (exact) mass is 212 g/mol. The van der Waals surface area contributed by atoms with Crippen molar-refractivity contribution in [3.05, 3.63) is 16.9 Å². The van der Waals surface area contributed by atoms with Crippen LogP contribution in [0.5, 0.6) is 0 Å². The number of aromatic nitrogens is 2. The molecule has 1 aliphatic rings. The molecule has 0 radical (unpaired) electrons. The normalized spacial score (nSPS) is 16.7. The summed E-state index contributed by atoms with van der Waals surface area (Å²) in [6, 6.07) is 0. The Morgan fingerprint density at radius 3 is 2.86 bits per heavy atom. The van der Waals surface area contributed by atoms with E-state index in [4.69, 9.17) is 11.6 Å². The summed E-state index contributed by atoms with van der Waals surface area (Å²) < 4.78 is 1.56. The molecule has 4 heteroatoms. The highest BCUT2D eigenvalue weighted by atomic mass is 35.5. The van der Waals surface area contributed by atoms with Crippen molar-refractivity contribution in [2.24, 2.45) is 13.0 Å². The van der Waals surface area contributed by atoms with E-state index in [1.807, 2.05) is 0 Å². The number of nitrogens with zero attached hydrogens (tertiary/aromatic N) is 2. The average molecular weight is 213 g/mol. The number of hydrogen-bond donors (Lipinski definition) is 0. The lowest BCUT2D eigenvalue weighted by Crippen LogP contribution is -2.18. The number of rotatable bonds is 3. The first kappa shape index (κ1) is 9.71. The summed E-state index contributed by atoms with van der Waals surface area (Å²) in [7, 11) is 1.75. The molecule has 1 aromatic rings.